The number of anilines is 2. The number of ketones is 1. The van der Waals surface area contributed by atoms with Crippen LogP contribution in [0.2, 0.25) is 5.02 Å². The van der Waals surface area contributed by atoms with Gasteiger partial charge in [-0.15, -0.1) is 0 Å². The zero-order valence-corrected chi connectivity index (χ0v) is 23.0. The Morgan fingerprint density at radius 3 is 1.92 bits per heavy atom. The fourth-order valence-electron chi connectivity index (χ4n) is 4.46. The number of hydrogen-bond donors (Lipinski definition) is 0. The zero-order chi connectivity index (χ0) is 28.2. The quantitative estimate of drug-likeness (QED) is 0.269. The Hall–Kier alpha value is -3.12. The van der Waals surface area contributed by atoms with Crippen LogP contribution in [0.5, 0.6) is 0 Å². The second-order valence-electron chi connectivity index (χ2n) is 10.5. The molecule has 0 aliphatic rings. The molecule has 0 bridgehead atoms. The summed E-state index contributed by atoms with van der Waals surface area (Å²) in [6.45, 7) is 9.51. The Morgan fingerprint density at radius 2 is 1.42 bits per heavy atom. The van der Waals surface area contributed by atoms with Gasteiger partial charge in [0.2, 0.25) is 5.91 Å². The lowest BCUT2D eigenvalue weighted by molar-refractivity contribution is -0.137. The van der Waals surface area contributed by atoms with E-state index < -0.39 is 17.7 Å². The summed E-state index contributed by atoms with van der Waals surface area (Å²) in [6, 6.07) is 17.3. The molecular weight excluding hydrogens is 511 g/mol. The van der Waals surface area contributed by atoms with Crippen molar-refractivity contribution < 1.29 is 22.8 Å². The van der Waals surface area contributed by atoms with Crippen LogP contribution in [0.4, 0.5) is 24.5 Å². The maximum atomic E-state index is 13.5. The average molecular weight is 544 g/mol. The van der Waals surface area contributed by atoms with Crippen LogP contribution in [0.3, 0.4) is 0 Å². The summed E-state index contributed by atoms with van der Waals surface area (Å²) in [6.07, 6.45) is -3.56. The Bertz CT molecular complexity index is 1270. The van der Waals surface area contributed by atoms with Crippen LogP contribution in [-0.4, -0.2) is 11.7 Å². The Kier molecular flexibility index (Phi) is 9.42. The van der Waals surface area contributed by atoms with E-state index in [1.54, 1.807) is 42.2 Å². The SMILES string of the molecule is CC(=O)C(CC(C)C)c1cc(-c2ccc(C(F)(F)F)cc2)cc(N(C(=O)CC(C)C)c2ccc(Cl)cc2)c1. The highest BCUT2D eigenvalue weighted by molar-refractivity contribution is 6.30. The van der Waals surface area contributed by atoms with Gasteiger partial charge in [0.15, 0.2) is 0 Å². The van der Waals surface area contributed by atoms with E-state index in [2.05, 4.69) is 0 Å². The summed E-state index contributed by atoms with van der Waals surface area (Å²) in [5, 5.41) is 0.526. The van der Waals surface area contributed by atoms with Gasteiger partial charge in [-0.1, -0.05) is 57.5 Å². The molecule has 38 heavy (non-hydrogen) atoms. The van der Waals surface area contributed by atoms with Crippen LogP contribution >= 0.6 is 11.6 Å². The summed E-state index contributed by atoms with van der Waals surface area (Å²) >= 11 is 6.11. The number of carbonyl (C=O) groups excluding carboxylic acids is 2. The molecule has 7 heteroatoms. The summed E-state index contributed by atoms with van der Waals surface area (Å²) in [5.74, 6) is -0.241. The molecule has 1 unspecified atom stereocenters. The second-order valence-corrected chi connectivity index (χ2v) is 10.9. The number of amides is 1. The normalized spacial score (nSPS) is 12.6. The minimum atomic E-state index is -4.45. The van der Waals surface area contributed by atoms with E-state index in [1.165, 1.54) is 12.1 Å². The van der Waals surface area contributed by atoms with E-state index >= 15 is 0 Å². The molecule has 1 amide bonds. The van der Waals surface area contributed by atoms with Gasteiger partial charge in [-0.25, -0.2) is 0 Å². The van der Waals surface area contributed by atoms with Crippen LogP contribution in [0, 0.1) is 11.8 Å². The van der Waals surface area contributed by atoms with Crippen molar-refractivity contribution in [3.05, 3.63) is 82.9 Å². The van der Waals surface area contributed by atoms with Crippen molar-refractivity contribution in [2.24, 2.45) is 11.8 Å². The lowest BCUT2D eigenvalue weighted by atomic mass is 9.85. The molecule has 0 spiro atoms. The number of nitrogens with zero attached hydrogens (tertiary/aromatic N) is 1. The smallest absolute Gasteiger partial charge is 0.299 e. The highest BCUT2D eigenvalue weighted by atomic mass is 35.5. The average Bonchev–Trinajstić information content (AvgIpc) is 2.82. The van der Waals surface area contributed by atoms with Crippen LogP contribution in [-0.2, 0) is 15.8 Å². The fourth-order valence-corrected chi connectivity index (χ4v) is 4.59. The number of hydrogen-bond acceptors (Lipinski definition) is 2. The predicted molar refractivity (Wildman–Crippen MR) is 148 cm³/mol. The van der Waals surface area contributed by atoms with Gasteiger partial charge in [0.05, 0.1) is 5.56 Å². The van der Waals surface area contributed by atoms with Crippen molar-refractivity contribution in [3.8, 4) is 11.1 Å². The third kappa shape index (κ3) is 7.47. The van der Waals surface area contributed by atoms with Gasteiger partial charge in [0.25, 0.3) is 0 Å². The van der Waals surface area contributed by atoms with Gasteiger partial charge in [0, 0.05) is 28.7 Å². The number of halogens is 4. The molecule has 1 atom stereocenters. The van der Waals surface area contributed by atoms with Crippen LogP contribution in [0.25, 0.3) is 11.1 Å². The molecular formula is C31H33ClF3NO2. The molecule has 0 radical (unpaired) electrons. The first-order valence-corrected chi connectivity index (χ1v) is 13.1. The topological polar surface area (TPSA) is 37.4 Å². The zero-order valence-electron chi connectivity index (χ0n) is 22.3. The number of rotatable bonds is 9. The molecule has 0 N–H and O–H groups in total. The second kappa shape index (κ2) is 12.2. The minimum Gasteiger partial charge on any atom is -0.299 e. The fraction of sp³-hybridized carbons (Fsp3) is 0.355. The van der Waals surface area contributed by atoms with Crippen molar-refractivity contribution in [2.75, 3.05) is 4.90 Å². The van der Waals surface area contributed by atoms with Crippen LogP contribution in [0.1, 0.15) is 64.5 Å². The third-order valence-electron chi connectivity index (χ3n) is 6.26. The van der Waals surface area contributed by atoms with Crippen molar-refractivity contribution in [3.63, 3.8) is 0 Å². The number of alkyl halides is 3. The van der Waals surface area contributed by atoms with E-state index in [9.17, 15) is 22.8 Å². The molecule has 0 aromatic heterocycles. The van der Waals surface area contributed by atoms with E-state index in [-0.39, 0.29) is 29.9 Å². The first-order chi connectivity index (χ1) is 17.8. The molecule has 0 saturated heterocycles. The number of carbonyl (C=O) groups is 2. The minimum absolute atomic E-state index is 0.0132. The van der Waals surface area contributed by atoms with E-state index in [0.717, 1.165) is 17.7 Å². The first-order valence-electron chi connectivity index (χ1n) is 12.7. The molecule has 0 heterocycles. The van der Waals surface area contributed by atoms with Gasteiger partial charge < -0.3 is 0 Å². The van der Waals surface area contributed by atoms with Crippen LogP contribution in [0.15, 0.2) is 66.7 Å². The van der Waals surface area contributed by atoms with Gasteiger partial charge in [-0.05, 0) is 90.4 Å². The maximum Gasteiger partial charge on any atom is 0.416 e. The van der Waals surface area contributed by atoms with Gasteiger partial charge in [-0.2, -0.15) is 13.2 Å². The summed E-state index contributed by atoms with van der Waals surface area (Å²) in [4.78, 5) is 27.9. The van der Waals surface area contributed by atoms with E-state index in [0.29, 0.717) is 33.9 Å². The lowest BCUT2D eigenvalue weighted by Gasteiger charge is -2.27. The summed E-state index contributed by atoms with van der Waals surface area (Å²) in [7, 11) is 0. The highest BCUT2D eigenvalue weighted by Crippen LogP contribution is 2.38. The van der Waals surface area contributed by atoms with Crippen molar-refractivity contribution in [2.45, 2.75) is 59.6 Å². The number of Topliss-reactive ketones (excluding diaryl/α,β-unsaturated/α-hetero) is 1. The highest BCUT2D eigenvalue weighted by Gasteiger charge is 2.30. The van der Waals surface area contributed by atoms with E-state index in [1.807, 2.05) is 39.8 Å². The summed E-state index contributed by atoms with van der Waals surface area (Å²) < 4.78 is 39.6. The molecule has 0 saturated carbocycles. The van der Waals surface area contributed by atoms with E-state index in [4.69, 9.17) is 11.6 Å². The standard InChI is InChI=1S/C31H33ClF3NO2/c1-19(2)14-29(21(5)37)24-16-23(22-6-8-25(9-7-22)31(33,34)35)17-28(18-24)36(30(38)15-20(3)4)27-12-10-26(32)11-13-27/h6-13,16-20,29H,14-15H2,1-5H3. The summed E-state index contributed by atoms with van der Waals surface area (Å²) in [5.41, 5.74) is 2.31. The molecule has 0 aliphatic carbocycles. The van der Waals surface area contributed by atoms with Crippen molar-refractivity contribution in [1.82, 2.24) is 0 Å². The largest absolute Gasteiger partial charge is 0.416 e. The monoisotopic (exact) mass is 543 g/mol. The molecule has 3 aromatic carbocycles. The molecule has 0 fully saturated rings. The molecule has 202 valence electrons. The molecule has 0 aliphatic heterocycles. The molecule has 3 aromatic rings. The first kappa shape index (κ1) is 29.4. The van der Waals surface area contributed by atoms with Gasteiger partial charge in [-0.3, -0.25) is 14.5 Å². The molecule has 3 rings (SSSR count). The van der Waals surface area contributed by atoms with Gasteiger partial charge in [0.1, 0.15) is 5.78 Å². The molecule has 3 nitrogen and oxygen atoms in total. The Balaban J connectivity index is 2.25. The number of benzene rings is 3. The Morgan fingerprint density at radius 1 is 0.816 bits per heavy atom. The Labute approximate surface area is 227 Å². The maximum absolute atomic E-state index is 13.5. The van der Waals surface area contributed by atoms with Crippen LogP contribution < -0.4 is 4.90 Å². The third-order valence-corrected chi connectivity index (χ3v) is 6.51. The predicted octanol–water partition coefficient (Wildman–Crippen LogP) is 9.46. The lowest BCUT2D eigenvalue weighted by Crippen LogP contribution is -2.27. The van der Waals surface area contributed by atoms with Crippen molar-refractivity contribution >= 4 is 34.7 Å². The van der Waals surface area contributed by atoms with Crippen molar-refractivity contribution in [1.29, 1.82) is 0 Å². The van der Waals surface area contributed by atoms with Gasteiger partial charge >= 0.3 is 6.18 Å².